The van der Waals surface area contributed by atoms with Crippen molar-refractivity contribution in [2.45, 2.75) is 24.3 Å². The van der Waals surface area contributed by atoms with Crippen molar-refractivity contribution in [1.82, 2.24) is 9.88 Å². The lowest BCUT2D eigenvalue weighted by atomic mass is 10.3. The molecule has 0 fully saturated rings. The molecule has 1 aliphatic heterocycles. The predicted octanol–water partition coefficient (Wildman–Crippen LogP) is 1.55. The average Bonchev–Trinajstić information content (AvgIpc) is 2.49. The molecule has 0 saturated heterocycles. The minimum absolute atomic E-state index is 0.0540. The quantitative estimate of drug-likeness (QED) is 0.811. The first-order valence-electron chi connectivity index (χ1n) is 5.66. The number of carbonyl (C=O) groups is 1. The van der Waals surface area contributed by atoms with Crippen LogP contribution in [-0.2, 0) is 16.7 Å². The molecule has 1 aromatic heterocycles. The number of amides is 1. The molecule has 0 radical (unpaired) electrons. The normalized spacial score (nSPS) is 14.9. The Labute approximate surface area is 115 Å². The summed E-state index contributed by atoms with van der Waals surface area (Å²) in [6, 6.07) is 0. The molecule has 19 heavy (non-hydrogen) atoms. The molecular weight excluding hydrogens is 292 g/mol. The Balaban J connectivity index is 2.82. The van der Waals surface area contributed by atoms with Crippen molar-refractivity contribution >= 4 is 33.7 Å². The van der Waals surface area contributed by atoms with Crippen LogP contribution in [0.5, 0.6) is 0 Å². The molecule has 1 amide bonds. The Morgan fingerprint density at radius 3 is 2.79 bits per heavy atom. The highest BCUT2D eigenvalue weighted by molar-refractivity contribution is 7.86. The zero-order valence-electron chi connectivity index (χ0n) is 10.2. The molecule has 2 rings (SSSR count). The Morgan fingerprint density at radius 2 is 2.21 bits per heavy atom. The van der Waals surface area contributed by atoms with Gasteiger partial charge in [0.2, 0.25) is 0 Å². The SMILES string of the molecule is CNC(=O)c1c(Cl)c(S(=O)(=O)O)c2n1CCCC=C2. The largest absolute Gasteiger partial charge is 0.354 e. The van der Waals surface area contributed by atoms with Crippen LogP contribution in [0, 0.1) is 0 Å². The standard InChI is InChI=1S/C11H13ClN2O4S/c1-13-11(15)9-8(12)10(19(16,17)18)7-5-3-2-4-6-14(7)9/h3,5H,2,4,6H2,1H3,(H,13,15)(H,16,17,18). The van der Waals surface area contributed by atoms with E-state index in [4.69, 9.17) is 11.6 Å². The summed E-state index contributed by atoms with van der Waals surface area (Å²) in [6.07, 6.45) is 4.87. The second-order valence-electron chi connectivity index (χ2n) is 4.13. The molecule has 0 aromatic carbocycles. The van der Waals surface area contributed by atoms with E-state index in [-0.39, 0.29) is 16.4 Å². The number of rotatable bonds is 2. The van der Waals surface area contributed by atoms with Crippen molar-refractivity contribution in [3.8, 4) is 0 Å². The van der Waals surface area contributed by atoms with Gasteiger partial charge in [0, 0.05) is 13.6 Å². The molecule has 2 heterocycles. The molecule has 1 aromatic rings. The van der Waals surface area contributed by atoms with E-state index in [1.54, 1.807) is 12.2 Å². The Hall–Kier alpha value is -1.31. The van der Waals surface area contributed by atoms with Gasteiger partial charge >= 0.3 is 0 Å². The van der Waals surface area contributed by atoms with Crippen LogP contribution in [0.25, 0.3) is 6.08 Å². The van der Waals surface area contributed by atoms with E-state index in [0.29, 0.717) is 6.54 Å². The third-order valence-electron chi connectivity index (χ3n) is 2.93. The fourth-order valence-electron chi connectivity index (χ4n) is 2.13. The van der Waals surface area contributed by atoms with Crippen molar-refractivity contribution in [3.05, 3.63) is 22.5 Å². The number of aromatic nitrogens is 1. The van der Waals surface area contributed by atoms with Gasteiger partial charge in [-0.15, -0.1) is 0 Å². The van der Waals surface area contributed by atoms with E-state index < -0.39 is 20.9 Å². The summed E-state index contributed by atoms with van der Waals surface area (Å²) in [5.41, 5.74) is 0.293. The molecule has 0 spiro atoms. The number of allylic oxidation sites excluding steroid dienone is 1. The average molecular weight is 305 g/mol. The van der Waals surface area contributed by atoms with Crippen molar-refractivity contribution < 1.29 is 17.8 Å². The van der Waals surface area contributed by atoms with Crippen LogP contribution in [0.4, 0.5) is 0 Å². The molecule has 0 atom stereocenters. The van der Waals surface area contributed by atoms with E-state index in [1.165, 1.54) is 11.6 Å². The second-order valence-corrected chi connectivity index (χ2v) is 5.86. The van der Waals surface area contributed by atoms with Gasteiger partial charge < -0.3 is 9.88 Å². The highest BCUT2D eigenvalue weighted by Gasteiger charge is 2.31. The number of halogens is 1. The number of hydrogen-bond donors (Lipinski definition) is 2. The molecule has 0 unspecified atom stereocenters. The summed E-state index contributed by atoms with van der Waals surface area (Å²) in [7, 11) is -3.07. The van der Waals surface area contributed by atoms with Crippen molar-refractivity contribution in [3.63, 3.8) is 0 Å². The van der Waals surface area contributed by atoms with Gasteiger partial charge in [-0.25, -0.2) is 0 Å². The molecule has 104 valence electrons. The van der Waals surface area contributed by atoms with Gasteiger partial charge in [-0.2, -0.15) is 8.42 Å². The summed E-state index contributed by atoms with van der Waals surface area (Å²) < 4.78 is 33.7. The summed E-state index contributed by atoms with van der Waals surface area (Å²) in [4.78, 5) is 11.4. The van der Waals surface area contributed by atoms with Gasteiger partial charge in [0.1, 0.15) is 10.6 Å². The third-order valence-corrected chi connectivity index (χ3v) is 4.34. The maximum atomic E-state index is 11.8. The van der Waals surface area contributed by atoms with Gasteiger partial charge in [0.25, 0.3) is 16.0 Å². The fraction of sp³-hybridized carbons (Fsp3) is 0.364. The Bertz CT molecular complexity index is 661. The van der Waals surface area contributed by atoms with E-state index in [1.807, 2.05) is 0 Å². The Morgan fingerprint density at radius 1 is 1.53 bits per heavy atom. The van der Waals surface area contributed by atoms with Crippen LogP contribution in [-0.4, -0.2) is 30.5 Å². The minimum atomic E-state index is -4.50. The summed E-state index contributed by atoms with van der Waals surface area (Å²) >= 11 is 5.98. The summed E-state index contributed by atoms with van der Waals surface area (Å²) in [5.74, 6) is -0.489. The van der Waals surface area contributed by atoms with Gasteiger partial charge in [-0.3, -0.25) is 9.35 Å². The van der Waals surface area contributed by atoms with Crippen LogP contribution in [0.3, 0.4) is 0 Å². The number of fused-ring (bicyclic) bond motifs is 1. The fourth-order valence-corrected chi connectivity index (χ4v) is 3.47. The van der Waals surface area contributed by atoms with Crippen LogP contribution >= 0.6 is 11.6 Å². The lowest BCUT2D eigenvalue weighted by molar-refractivity contribution is 0.0954. The minimum Gasteiger partial charge on any atom is -0.354 e. The molecule has 6 nitrogen and oxygen atoms in total. The van der Waals surface area contributed by atoms with E-state index in [2.05, 4.69) is 5.32 Å². The molecule has 0 aliphatic carbocycles. The summed E-state index contributed by atoms with van der Waals surface area (Å²) in [5, 5.41) is 2.17. The van der Waals surface area contributed by atoms with Gasteiger partial charge in [-0.1, -0.05) is 17.7 Å². The van der Waals surface area contributed by atoms with E-state index in [0.717, 1.165) is 12.8 Å². The highest BCUT2D eigenvalue weighted by atomic mass is 35.5. The maximum absolute atomic E-state index is 11.8. The van der Waals surface area contributed by atoms with Crippen molar-refractivity contribution in [2.24, 2.45) is 0 Å². The van der Waals surface area contributed by atoms with Crippen molar-refractivity contribution in [1.29, 1.82) is 0 Å². The monoisotopic (exact) mass is 304 g/mol. The van der Waals surface area contributed by atoms with Gasteiger partial charge in [-0.05, 0) is 18.9 Å². The molecular formula is C11H13ClN2O4S. The predicted molar refractivity (Wildman–Crippen MR) is 70.9 cm³/mol. The lowest BCUT2D eigenvalue weighted by Gasteiger charge is -2.08. The van der Waals surface area contributed by atoms with Crippen LogP contribution < -0.4 is 5.32 Å². The Kier molecular flexibility index (Phi) is 3.71. The first-order valence-corrected chi connectivity index (χ1v) is 7.47. The molecule has 0 bridgehead atoms. The number of carbonyl (C=O) groups excluding carboxylic acids is 1. The molecule has 0 saturated carbocycles. The number of nitrogens with one attached hydrogen (secondary N) is 1. The van der Waals surface area contributed by atoms with Crippen molar-refractivity contribution in [2.75, 3.05) is 7.05 Å². The maximum Gasteiger partial charge on any atom is 0.298 e. The highest BCUT2D eigenvalue weighted by Crippen LogP contribution is 2.34. The molecule has 1 aliphatic rings. The van der Waals surface area contributed by atoms with E-state index in [9.17, 15) is 17.8 Å². The van der Waals surface area contributed by atoms with E-state index >= 15 is 0 Å². The first-order chi connectivity index (χ1) is 8.88. The first kappa shape index (κ1) is 14.1. The topological polar surface area (TPSA) is 88.4 Å². The smallest absolute Gasteiger partial charge is 0.298 e. The lowest BCUT2D eigenvalue weighted by Crippen LogP contribution is -2.22. The zero-order chi connectivity index (χ0) is 14.2. The molecule has 2 N–H and O–H groups in total. The van der Waals surface area contributed by atoms with Crippen LogP contribution in [0.15, 0.2) is 11.0 Å². The third kappa shape index (κ3) is 2.41. The second kappa shape index (κ2) is 4.99. The zero-order valence-corrected chi connectivity index (χ0v) is 11.8. The number of nitrogens with zero attached hydrogens (tertiary/aromatic N) is 1. The van der Waals surface area contributed by atoms with Crippen LogP contribution in [0.2, 0.25) is 5.02 Å². The molecule has 8 heteroatoms. The van der Waals surface area contributed by atoms with Crippen LogP contribution in [0.1, 0.15) is 29.0 Å². The number of hydrogen-bond acceptors (Lipinski definition) is 3. The summed E-state index contributed by atoms with van der Waals surface area (Å²) in [6.45, 7) is 0.459. The van der Waals surface area contributed by atoms with Gasteiger partial charge in [0.15, 0.2) is 0 Å². The van der Waals surface area contributed by atoms with Gasteiger partial charge in [0.05, 0.1) is 10.7 Å².